The lowest BCUT2D eigenvalue weighted by atomic mass is 10.0. The Labute approximate surface area is 416 Å². The van der Waals surface area contributed by atoms with Crippen LogP contribution in [0.5, 0.6) is 0 Å². The van der Waals surface area contributed by atoms with Gasteiger partial charge >= 0.3 is 0 Å². The summed E-state index contributed by atoms with van der Waals surface area (Å²) >= 11 is 0. The van der Waals surface area contributed by atoms with Crippen molar-refractivity contribution < 1.29 is 18.3 Å². The molecule has 72 heavy (non-hydrogen) atoms. The third-order valence-electron chi connectivity index (χ3n) is 13.3. The highest BCUT2D eigenvalue weighted by Crippen LogP contribution is 2.39. The molecular formula is C64H46N8+4. The van der Waals surface area contributed by atoms with Crippen LogP contribution in [0.4, 0.5) is 0 Å². The number of rotatable bonds is 8. The molecule has 338 valence electrons. The molecule has 4 aromatic carbocycles. The number of H-pyrrole nitrogens is 2. The van der Waals surface area contributed by atoms with Gasteiger partial charge in [0.2, 0.25) is 22.7 Å². The normalized spacial score (nSPS) is 11.8. The third kappa shape index (κ3) is 7.98. The first-order valence-corrected chi connectivity index (χ1v) is 24.1. The summed E-state index contributed by atoms with van der Waals surface area (Å²) < 4.78 is 8.56. The van der Waals surface area contributed by atoms with E-state index in [1.54, 1.807) is 0 Å². The molecule has 8 heteroatoms. The van der Waals surface area contributed by atoms with E-state index in [4.69, 9.17) is 9.97 Å². The highest BCUT2D eigenvalue weighted by atomic mass is 14.9. The van der Waals surface area contributed by atoms with E-state index in [-0.39, 0.29) is 0 Å². The molecule has 0 aliphatic carbocycles. The van der Waals surface area contributed by atoms with Gasteiger partial charge in [-0.1, -0.05) is 72.8 Å². The van der Waals surface area contributed by atoms with Crippen molar-refractivity contribution in [2.24, 2.45) is 0 Å². The summed E-state index contributed by atoms with van der Waals surface area (Å²) in [5.41, 5.74) is 19.3. The van der Waals surface area contributed by atoms with Gasteiger partial charge in [0.25, 0.3) is 0 Å². The molecule has 0 radical (unpaired) electrons. The monoisotopic (exact) mass is 926 g/mol. The smallest absolute Gasteiger partial charge is 0.211 e. The van der Waals surface area contributed by atoms with E-state index in [9.17, 15) is 0 Å². The zero-order valence-electron chi connectivity index (χ0n) is 39.1. The molecule has 11 aromatic rings. The second-order valence-electron chi connectivity index (χ2n) is 17.8. The summed E-state index contributed by atoms with van der Waals surface area (Å²) in [6.07, 6.45) is 25.3. The molecule has 0 spiro atoms. The fraction of sp³-hybridized carbons (Fsp3) is 0. The molecule has 0 saturated heterocycles. The Morgan fingerprint density at radius 3 is 0.722 bits per heavy atom. The van der Waals surface area contributed by atoms with Crippen molar-refractivity contribution in [2.45, 2.75) is 0 Å². The van der Waals surface area contributed by atoms with Crippen molar-refractivity contribution in [2.75, 3.05) is 0 Å². The number of pyridine rings is 4. The van der Waals surface area contributed by atoms with Gasteiger partial charge in [0.1, 0.15) is 0 Å². The lowest BCUT2D eigenvalue weighted by Crippen LogP contribution is -2.28. The Hall–Kier alpha value is -9.92. The summed E-state index contributed by atoms with van der Waals surface area (Å²) in [6, 6.07) is 68.0. The summed E-state index contributed by atoms with van der Waals surface area (Å²) in [5.74, 6) is 0. The fourth-order valence-corrected chi connectivity index (χ4v) is 9.99. The molecule has 9 heterocycles. The van der Waals surface area contributed by atoms with Crippen molar-refractivity contribution in [3.05, 3.63) is 266 Å². The largest absolute Gasteiger partial charge is 0.354 e. The van der Waals surface area contributed by atoms with Gasteiger partial charge in [-0.2, -0.15) is 18.3 Å². The lowest BCUT2D eigenvalue weighted by molar-refractivity contribution is -0.595. The zero-order valence-corrected chi connectivity index (χ0v) is 39.1. The maximum absolute atomic E-state index is 5.62. The van der Waals surface area contributed by atoms with E-state index in [0.717, 1.165) is 112 Å². The highest BCUT2D eigenvalue weighted by Gasteiger charge is 2.22. The molecule has 0 saturated carbocycles. The van der Waals surface area contributed by atoms with Crippen molar-refractivity contribution >= 4 is 46.4 Å². The molecular weight excluding hydrogens is 881 g/mol. The van der Waals surface area contributed by atoms with Gasteiger partial charge in [0.05, 0.1) is 22.8 Å². The first-order valence-electron chi connectivity index (χ1n) is 24.1. The average molecular weight is 927 g/mol. The van der Waals surface area contributed by atoms with Crippen LogP contribution in [0, 0.1) is 0 Å². The lowest BCUT2D eigenvalue weighted by Gasteiger charge is -2.08. The number of benzene rings is 4. The quantitative estimate of drug-likeness (QED) is 0.149. The Balaban J connectivity index is 1.15. The molecule has 0 amide bonds. The van der Waals surface area contributed by atoms with Gasteiger partial charge in [0, 0.05) is 141 Å². The van der Waals surface area contributed by atoms with Gasteiger partial charge in [-0.15, -0.1) is 0 Å². The van der Waals surface area contributed by atoms with Gasteiger partial charge in [-0.05, 0) is 70.8 Å². The Morgan fingerprint density at radius 2 is 0.486 bits per heavy atom. The van der Waals surface area contributed by atoms with Gasteiger partial charge in [-0.3, -0.25) is 0 Å². The zero-order chi connectivity index (χ0) is 47.8. The topological polar surface area (TPSA) is 72.9 Å². The number of aromatic amines is 2. The Morgan fingerprint density at radius 1 is 0.250 bits per heavy atom. The first-order chi connectivity index (χ1) is 35.7. The number of nitrogens with zero attached hydrogens (tertiary/aromatic N) is 6. The van der Waals surface area contributed by atoms with Gasteiger partial charge < -0.3 is 9.97 Å². The van der Waals surface area contributed by atoms with E-state index in [1.165, 1.54) is 0 Å². The van der Waals surface area contributed by atoms with Crippen LogP contribution in [0.25, 0.3) is 114 Å². The summed E-state index contributed by atoms with van der Waals surface area (Å²) in [7, 11) is 0. The molecule has 0 unspecified atom stereocenters. The van der Waals surface area contributed by atoms with Crippen LogP contribution in [0.15, 0.2) is 244 Å². The van der Waals surface area contributed by atoms with Crippen LogP contribution in [-0.4, -0.2) is 19.9 Å². The molecule has 13 rings (SSSR count). The maximum atomic E-state index is 5.62. The minimum Gasteiger partial charge on any atom is -0.354 e. The van der Waals surface area contributed by atoms with E-state index < -0.39 is 0 Å². The number of hydrogen-bond acceptors (Lipinski definition) is 2. The van der Waals surface area contributed by atoms with Crippen LogP contribution in [0.1, 0.15) is 22.8 Å². The fourth-order valence-electron chi connectivity index (χ4n) is 9.99. The molecule has 2 N–H and O–H groups in total. The van der Waals surface area contributed by atoms with E-state index in [2.05, 4.69) is 272 Å². The molecule has 0 atom stereocenters. The average Bonchev–Trinajstić information content (AvgIpc) is 4.31. The van der Waals surface area contributed by atoms with Gasteiger partial charge in [0.15, 0.2) is 49.6 Å². The number of nitrogens with one attached hydrogen (secondary N) is 2. The van der Waals surface area contributed by atoms with Crippen LogP contribution in [0.2, 0.25) is 0 Å². The van der Waals surface area contributed by atoms with E-state index in [0.29, 0.717) is 0 Å². The molecule has 8 nitrogen and oxygen atoms in total. The minimum atomic E-state index is 0.846. The Kier molecular flexibility index (Phi) is 10.7. The number of fused-ring (bicyclic) bond motifs is 8. The molecule has 0 fully saturated rings. The highest BCUT2D eigenvalue weighted by molar-refractivity contribution is 6.00. The molecule has 8 bridgehead atoms. The minimum absolute atomic E-state index is 0.846. The first kappa shape index (κ1) is 42.2. The second kappa shape index (κ2) is 18.2. The van der Waals surface area contributed by atoms with Crippen LogP contribution in [-0.2, 0) is 0 Å². The SMILES string of the molecule is C1=Cc2nc1c(-c1cccc(-[n+]3ccccc3)c1)c1ccc([nH]1)c(-c1cccc(-[n+]3ccccc3)c1)c1nc(c(-c3cccc(-[n+]4ccccc4)c3)c3ccc([nH]3)c2-c2cccc(-[n+]3ccccc3)c2)C=C1. The maximum Gasteiger partial charge on any atom is 0.211 e. The Bertz CT molecular complexity index is 3560. The molecule has 2 aliphatic rings. The number of hydrogen-bond donors (Lipinski definition) is 2. The van der Waals surface area contributed by atoms with Crippen LogP contribution < -0.4 is 18.3 Å². The second-order valence-corrected chi connectivity index (χ2v) is 17.8. The van der Waals surface area contributed by atoms with Crippen molar-refractivity contribution in [1.29, 1.82) is 0 Å². The van der Waals surface area contributed by atoms with E-state index >= 15 is 0 Å². The van der Waals surface area contributed by atoms with Crippen molar-refractivity contribution in [1.82, 2.24) is 19.9 Å². The van der Waals surface area contributed by atoms with Crippen molar-refractivity contribution in [3.8, 4) is 67.3 Å². The summed E-state index contributed by atoms with van der Waals surface area (Å²) in [6.45, 7) is 0. The van der Waals surface area contributed by atoms with Crippen LogP contribution in [0.3, 0.4) is 0 Å². The molecule has 2 aliphatic heterocycles. The molecule has 7 aromatic heterocycles. The summed E-state index contributed by atoms with van der Waals surface area (Å²) in [4.78, 5) is 19.2. The third-order valence-corrected chi connectivity index (χ3v) is 13.3. The van der Waals surface area contributed by atoms with Gasteiger partial charge in [-0.25, -0.2) is 9.97 Å². The standard InChI is InChI=1S/C64H46N8/c1-5-33-69(34-6-1)49-21-13-17-45(41-49)61-53-25-27-55(65-53)62(46-18-14-22-50(42-46)70-35-7-2-8-36-70)57-29-31-59(67-57)64(48-20-16-24-52(44-48)72-39-11-4-12-40-72)60-32-30-58(68-60)63(56-28-26-54(61)66-56)47-19-15-23-51(43-47)71-37-9-3-10-38-71/h1-44,65,68H/q+4. The predicted molar refractivity (Wildman–Crippen MR) is 287 cm³/mol. The van der Waals surface area contributed by atoms with Crippen LogP contribution >= 0.6 is 0 Å². The van der Waals surface area contributed by atoms with E-state index in [1.807, 2.05) is 24.3 Å². The summed E-state index contributed by atoms with van der Waals surface area (Å²) in [5, 5.41) is 0. The number of aromatic nitrogens is 8. The predicted octanol–water partition coefficient (Wildman–Crippen LogP) is 12.4. The van der Waals surface area contributed by atoms with Crippen molar-refractivity contribution in [3.63, 3.8) is 0 Å².